The van der Waals surface area contributed by atoms with Crippen molar-refractivity contribution in [2.24, 2.45) is 17.6 Å². The van der Waals surface area contributed by atoms with E-state index in [4.69, 9.17) is 15.7 Å². The lowest BCUT2D eigenvalue weighted by Gasteiger charge is -2.30. The number of nitro groups is 1. The summed E-state index contributed by atoms with van der Waals surface area (Å²) in [6, 6.07) is 6.12. The molecule has 0 amide bonds. The van der Waals surface area contributed by atoms with E-state index in [9.17, 15) is 10.1 Å². The van der Waals surface area contributed by atoms with Crippen LogP contribution in [0.15, 0.2) is 18.2 Å². The first-order valence-corrected chi connectivity index (χ1v) is 7.17. The molecular weight excluding hydrogens is 270 g/mol. The average molecular weight is 289 g/mol. The Labute approximate surface area is 123 Å². The fraction of sp³-hybridized carbons (Fsp3) is 0.533. The molecule has 0 radical (unpaired) electrons. The molecule has 0 bridgehead atoms. The Balaban J connectivity index is 2.03. The average Bonchev–Trinajstić information content (AvgIpc) is 2.52. The van der Waals surface area contributed by atoms with Crippen LogP contribution in [-0.2, 0) is 0 Å². The molecule has 1 aliphatic carbocycles. The first-order chi connectivity index (χ1) is 10.2. The Morgan fingerprint density at radius 2 is 2.10 bits per heavy atom. The monoisotopic (exact) mass is 289 g/mol. The lowest BCUT2D eigenvalue weighted by atomic mass is 9.80. The fourth-order valence-corrected chi connectivity index (χ4v) is 2.87. The Morgan fingerprint density at radius 1 is 1.38 bits per heavy atom. The van der Waals surface area contributed by atoms with Crippen molar-refractivity contribution >= 4 is 5.69 Å². The van der Waals surface area contributed by atoms with E-state index in [1.165, 1.54) is 25.0 Å². The highest BCUT2D eigenvalue weighted by Gasteiger charge is 2.24. The summed E-state index contributed by atoms with van der Waals surface area (Å²) in [7, 11) is 0. The summed E-state index contributed by atoms with van der Waals surface area (Å²) in [5.74, 6) is 1.40. The van der Waals surface area contributed by atoms with E-state index in [1.807, 2.05) is 6.07 Å². The normalized spacial score (nSPS) is 21.5. The maximum Gasteiger partial charge on any atom is 0.287 e. The highest BCUT2D eigenvalue weighted by molar-refractivity contribution is 5.52. The van der Waals surface area contributed by atoms with Crippen LogP contribution < -0.4 is 10.5 Å². The van der Waals surface area contributed by atoms with Gasteiger partial charge in [-0.2, -0.15) is 5.26 Å². The number of rotatable bonds is 5. The van der Waals surface area contributed by atoms with E-state index >= 15 is 0 Å². The molecule has 0 heterocycles. The molecule has 1 aromatic rings. The SMILES string of the molecule is N#Cc1cc(OCC2CCCCC2CN)ccc1[N+](=O)[O-]. The van der Waals surface area contributed by atoms with Gasteiger partial charge in [0.1, 0.15) is 17.4 Å². The van der Waals surface area contributed by atoms with Gasteiger partial charge in [-0.1, -0.05) is 12.8 Å². The molecule has 0 saturated heterocycles. The van der Waals surface area contributed by atoms with Crippen molar-refractivity contribution in [2.75, 3.05) is 13.2 Å². The molecule has 2 rings (SSSR count). The summed E-state index contributed by atoms with van der Waals surface area (Å²) >= 11 is 0. The molecule has 0 aliphatic heterocycles. The number of nitro benzene ring substituents is 1. The zero-order valence-electron chi connectivity index (χ0n) is 11.8. The van der Waals surface area contributed by atoms with Crippen LogP contribution in [0.4, 0.5) is 5.69 Å². The van der Waals surface area contributed by atoms with Gasteiger partial charge in [-0.15, -0.1) is 0 Å². The number of nitriles is 1. The van der Waals surface area contributed by atoms with E-state index < -0.39 is 4.92 Å². The Morgan fingerprint density at radius 3 is 2.71 bits per heavy atom. The first kappa shape index (κ1) is 15.3. The third-order valence-electron chi connectivity index (χ3n) is 4.12. The van der Waals surface area contributed by atoms with Crippen LogP contribution in [-0.4, -0.2) is 18.1 Å². The van der Waals surface area contributed by atoms with Crippen LogP contribution in [0.5, 0.6) is 5.75 Å². The molecule has 2 unspecified atom stereocenters. The van der Waals surface area contributed by atoms with Crippen molar-refractivity contribution in [3.63, 3.8) is 0 Å². The van der Waals surface area contributed by atoms with Crippen LogP contribution in [0.3, 0.4) is 0 Å². The maximum absolute atomic E-state index is 10.8. The molecule has 0 aromatic heterocycles. The molecule has 21 heavy (non-hydrogen) atoms. The number of nitrogens with zero attached hydrogens (tertiary/aromatic N) is 2. The molecule has 0 spiro atoms. The summed E-state index contributed by atoms with van der Waals surface area (Å²) in [4.78, 5) is 10.2. The number of ether oxygens (including phenoxy) is 1. The molecule has 6 nitrogen and oxygen atoms in total. The molecule has 1 aromatic carbocycles. The molecular formula is C15H19N3O3. The second-order valence-corrected chi connectivity index (χ2v) is 5.40. The Bertz CT molecular complexity index is 554. The molecule has 112 valence electrons. The third kappa shape index (κ3) is 3.70. The van der Waals surface area contributed by atoms with Crippen molar-refractivity contribution in [3.05, 3.63) is 33.9 Å². The minimum atomic E-state index is -0.562. The lowest BCUT2D eigenvalue weighted by Crippen LogP contribution is -2.30. The molecule has 2 N–H and O–H groups in total. The zero-order chi connectivity index (χ0) is 15.2. The van der Waals surface area contributed by atoms with Gasteiger partial charge in [-0.25, -0.2) is 0 Å². The summed E-state index contributed by atoms with van der Waals surface area (Å²) in [6.07, 6.45) is 4.64. The lowest BCUT2D eigenvalue weighted by molar-refractivity contribution is -0.385. The standard InChI is InChI=1S/C15H19N3O3/c16-8-11-3-1-2-4-12(11)10-21-14-5-6-15(18(19)20)13(7-14)9-17/h5-7,11-12H,1-4,8,10,16H2. The molecule has 6 heteroatoms. The third-order valence-corrected chi connectivity index (χ3v) is 4.12. The van der Waals surface area contributed by atoms with E-state index in [0.29, 0.717) is 30.7 Å². The van der Waals surface area contributed by atoms with E-state index in [1.54, 1.807) is 6.07 Å². The predicted octanol–water partition coefficient (Wildman–Crippen LogP) is 2.61. The van der Waals surface area contributed by atoms with Crippen LogP contribution in [0.2, 0.25) is 0 Å². The molecule has 1 saturated carbocycles. The number of hydrogen-bond donors (Lipinski definition) is 1. The molecule has 1 fully saturated rings. The van der Waals surface area contributed by atoms with Crippen molar-refractivity contribution in [3.8, 4) is 11.8 Å². The summed E-state index contributed by atoms with van der Waals surface area (Å²) in [6.45, 7) is 1.21. The van der Waals surface area contributed by atoms with Gasteiger partial charge in [-0.3, -0.25) is 10.1 Å². The summed E-state index contributed by atoms with van der Waals surface area (Å²) in [5, 5.41) is 19.7. The smallest absolute Gasteiger partial charge is 0.287 e. The Hall–Kier alpha value is -2.13. The molecule has 2 atom stereocenters. The Kier molecular flexibility index (Phi) is 5.12. The van der Waals surface area contributed by atoms with Gasteiger partial charge < -0.3 is 10.5 Å². The van der Waals surface area contributed by atoms with E-state index in [0.717, 1.165) is 12.8 Å². The van der Waals surface area contributed by atoms with Crippen molar-refractivity contribution in [1.29, 1.82) is 5.26 Å². The van der Waals surface area contributed by atoms with Crippen LogP contribution in [0.25, 0.3) is 0 Å². The van der Waals surface area contributed by atoms with Gasteiger partial charge in [-0.05, 0) is 37.3 Å². The zero-order valence-corrected chi connectivity index (χ0v) is 11.8. The van der Waals surface area contributed by atoms with Gasteiger partial charge in [0, 0.05) is 12.1 Å². The largest absolute Gasteiger partial charge is 0.493 e. The van der Waals surface area contributed by atoms with Gasteiger partial charge in [0.05, 0.1) is 11.5 Å². The minimum Gasteiger partial charge on any atom is -0.493 e. The number of hydrogen-bond acceptors (Lipinski definition) is 5. The van der Waals surface area contributed by atoms with Crippen LogP contribution >= 0.6 is 0 Å². The summed E-state index contributed by atoms with van der Waals surface area (Å²) < 4.78 is 5.73. The van der Waals surface area contributed by atoms with Gasteiger partial charge in [0.2, 0.25) is 0 Å². The van der Waals surface area contributed by atoms with Gasteiger partial charge in [0.15, 0.2) is 0 Å². The number of nitrogens with two attached hydrogens (primary N) is 1. The van der Waals surface area contributed by atoms with E-state index in [-0.39, 0.29) is 11.3 Å². The topological polar surface area (TPSA) is 102 Å². The van der Waals surface area contributed by atoms with Crippen LogP contribution in [0, 0.1) is 33.3 Å². The van der Waals surface area contributed by atoms with Gasteiger partial charge >= 0.3 is 0 Å². The van der Waals surface area contributed by atoms with Crippen LogP contribution in [0.1, 0.15) is 31.2 Å². The second-order valence-electron chi connectivity index (χ2n) is 5.40. The maximum atomic E-state index is 10.8. The summed E-state index contributed by atoms with van der Waals surface area (Å²) in [5.41, 5.74) is 5.62. The minimum absolute atomic E-state index is 0.0246. The fourth-order valence-electron chi connectivity index (χ4n) is 2.87. The first-order valence-electron chi connectivity index (χ1n) is 7.17. The molecule has 1 aliphatic rings. The quantitative estimate of drug-likeness (QED) is 0.663. The van der Waals surface area contributed by atoms with Crippen molar-refractivity contribution < 1.29 is 9.66 Å². The highest BCUT2D eigenvalue weighted by atomic mass is 16.6. The number of benzene rings is 1. The second kappa shape index (κ2) is 7.04. The van der Waals surface area contributed by atoms with Gasteiger partial charge in [0.25, 0.3) is 5.69 Å². The van der Waals surface area contributed by atoms with Crippen molar-refractivity contribution in [1.82, 2.24) is 0 Å². The predicted molar refractivity (Wildman–Crippen MR) is 77.8 cm³/mol. The van der Waals surface area contributed by atoms with E-state index in [2.05, 4.69) is 0 Å². The van der Waals surface area contributed by atoms with Crippen molar-refractivity contribution in [2.45, 2.75) is 25.7 Å². The highest BCUT2D eigenvalue weighted by Crippen LogP contribution is 2.30.